The van der Waals surface area contributed by atoms with Gasteiger partial charge in [-0.2, -0.15) is 4.72 Å². The van der Waals surface area contributed by atoms with E-state index in [-0.39, 0.29) is 16.8 Å². The van der Waals surface area contributed by atoms with Crippen LogP contribution in [0.15, 0.2) is 33.6 Å². The predicted octanol–water partition coefficient (Wildman–Crippen LogP) is 2.81. The first-order valence-corrected chi connectivity index (χ1v) is 12.3. The summed E-state index contributed by atoms with van der Waals surface area (Å²) in [6.07, 6.45) is 5.93. The second kappa shape index (κ2) is 5.16. The maximum Gasteiger partial charge on any atom is 0.242 e. The van der Waals surface area contributed by atoms with Crippen LogP contribution in [-0.4, -0.2) is 25.9 Å². The van der Waals surface area contributed by atoms with E-state index in [0.717, 1.165) is 18.3 Å². The fraction of sp³-hybridized carbons (Fsp3) is 0.650. The summed E-state index contributed by atoms with van der Waals surface area (Å²) in [5, 5.41) is 3.27. The molecule has 0 aromatic heterocycles. The molecule has 7 heteroatoms. The van der Waals surface area contributed by atoms with Crippen LogP contribution in [0.4, 0.5) is 0 Å². The van der Waals surface area contributed by atoms with Crippen molar-refractivity contribution in [3.8, 4) is 0 Å². The van der Waals surface area contributed by atoms with E-state index in [1.165, 1.54) is 19.3 Å². The predicted molar refractivity (Wildman–Crippen MR) is 103 cm³/mol. The van der Waals surface area contributed by atoms with Crippen molar-refractivity contribution >= 4 is 31.9 Å². The van der Waals surface area contributed by atoms with Gasteiger partial charge in [-0.05, 0) is 95.7 Å². The molecule has 5 saturated carbocycles. The summed E-state index contributed by atoms with van der Waals surface area (Å²) < 4.78 is 29.1. The summed E-state index contributed by atoms with van der Waals surface area (Å²) >= 11 is 3.31. The standard InChI is InChI=1S/C20H23BrN2O3S/c21-15-4-1-2-5-16(15)27(25,26)23-19(6-3-7-19)18(24)22-17-13-9-11-8-12-10-14(17)20(11,12)13/h1-2,4-5,11-14,17,23H,3,6-10H2,(H,22,24). The van der Waals surface area contributed by atoms with Crippen molar-refractivity contribution in [1.82, 2.24) is 10.0 Å². The highest BCUT2D eigenvalue weighted by Crippen LogP contribution is 2.87. The van der Waals surface area contributed by atoms with Crippen molar-refractivity contribution in [2.45, 2.75) is 55.0 Å². The molecular formula is C20H23BrN2O3S. The van der Waals surface area contributed by atoms with Crippen molar-refractivity contribution in [1.29, 1.82) is 0 Å². The van der Waals surface area contributed by atoms with Gasteiger partial charge in [-0.1, -0.05) is 12.1 Å². The Morgan fingerprint density at radius 1 is 1.07 bits per heavy atom. The van der Waals surface area contributed by atoms with Gasteiger partial charge in [0.1, 0.15) is 5.54 Å². The molecule has 0 aliphatic heterocycles. The average Bonchev–Trinajstić information content (AvgIpc) is 2.52. The largest absolute Gasteiger partial charge is 0.351 e. The van der Waals surface area contributed by atoms with Gasteiger partial charge >= 0.3 is 0 Å². The highest BCUT2D eigenvalue weighted by Gasteiger charge is 2.84. The normalized spacial score (nSPS) is 42.0. The van der Waals surface area contributed by atoms with Gasteiger partial charge in [-0.15, -0.1) is 0 Å². The monoisotopic (exact) mass is 450 g/mol. The molecule has 5 fully saturated rings. The molecule has 5 aliphatic carbocycles. The number of hydrogen-bond acceptors (Lipinski definition) is 3. The van der Waals surface area contributed by atoms with Crippen LogP contribution >= 0.6 is 15.9 Å². The Morgan fingerprint density at radius 3 is 2.30 bits per heavy atom. The van der Waals surface area contributed by atoms with Gasteiger partial charge in [0.2, 0.25) is 15.9 Å². The van der Waals surface area contributed by atoms with Crippen LogP contribution in [0.2, 0.25) is 0 Å². The van der Waals surface area contributed by atoms with Gasteiger partial charge in [-0.3, -0.25) is 4.79 Å². The smallest absolute Gasteiger partial charge is 0.242 e. The Bertz CT molecular complexity index is 936. The van der Waals surface area contributed by atoms with Crippen molar-refractivity contribution < 1.29 is 13.2 Å². The number of nitrogens with one attached hydrogen (secondary N) is 2. The first kappa shape index (κ1) is 17.0. The van der Waals surface area contributed by atoms with E-state index in [4.69, 9.17) is 0 Å². The molecule has 0 saturated heterocycles. The van der Waals surface area contributed by atoms with Crippen LogP contribution in [0.5, 0.6) is 0 Å². The van der Waals surface area contributed by atoms with E-state index in [9.17, 15) is 13.2 Å². The van der Waals surface area contributed by atoms with Gasteiger partial charge in [0.15, 0.2) is 0 Å². The Labute approximate surface area is 167 Å². The van der Waals surface area contributed by atoms with Crippen molar-refractivity contribution in [2.75, 3.05) is 0 Å². The Balaban J connectivity index is 1.20. The molecule has 144 valence electrons. The van der Waals surface area contributed by atoms with E-state index in [1.54, 1.807) is 24.3 Å². The number of amides is 1. The molecular weight excluding hydrogens is 428 g/mol. The SMILES string of the molecule is O=C(NC1C2CC3CC4CC1C342)C1(NS(=O)(=O)c2ccccc2Br)CCC1. The number of carbonyl (C=O) groups excluding carboxylic acids is 1. The molecule has 1 amide bonds. The van der Waals surface area contributed by atoms with E-state index >= 15 is 0 Å². The summed E-state index contributed by atoms with van der Waals surface area (Å²) in [7, 11) is -3.76. The van der Waals surface area contributed by atoms with Gasteiger partial charge in [0.25, 0.3) is 0 Å². The third kappa shape index (κ3) is 1.89. The van der Waals surface area contributed by atoms with Gasteiger partial charge < -0.3 is 5.32 Å². The quantitative estimate of drug-likeness (QED) is 0.723. The van der Waals surface area contributed by atoms with Gasteiger partial charge in [0, 0.05) is 10.5 Å². The minimum absolute atomic E-state index is 0.115. The molecule has 4 atom stereocenters. The third-order valence-electron chi connectivity index (χ3n) is 8.61. The summed E-state index contributed by atoms with van der Waals surface area (Å²) in [6.45, 7) is 0. The van der Waals surface area contributed by atoms with Crippen LogP contribution < -0.4 is 10.0 Å². The van der Waals surface area contributed by atoms with Crippen molar-refractivity contribution in [3.63, 3.8) is 0 Å². The third-order valence-corrected chi connectivity index (χ3v) is 11.2. The van der Waals surface area contributed by atoms with Crippen molar-refractivity contribution in [2.24, 2.45) is 29.1 Å². The Morgan fingerprint density at radius 2 is 1.74 bits per heavy atom. The lowest BCUT2D eigenvalue weighted by atomic mass is 9.17. The summed E-state index contributed by atoms with van der Waals surface area (Å²) in [5.74, 6) is 3.04. The number of benzene rings is 1. The van der Waals surface area contributed by atoms with Crippen LogP contribution in [0.1, 0.15) is 38.5 Å². The summed E-state index contributed by atoms with van der Waals surface area (Å²) in [4.78, 5) is 13.3. The highest BCUT2D eigenvalue weighted by molar-refractivity contribution is 9.10. The van der Waals surface area contributed by atoms with Crippen molar-refractivity contribution in [3.05, 3.63) is 28.7 Å². The van der Waals surface area contributed by atoms with E-state index in [0.29, 0.717) is 34.6 Å². The van der Waals surface area contributed by atoms with Gasteiger partial charge in [-0.25, -0.2) is 8.42 Å². The summed E-state index contributed by atoms with van der Waals surface area (Å²) in [5.41, 5.74) is -0.387. The molecule has 5 aliphatic rings. The van der Waals surface area contributed by atoms with Gasteiger partial charge in [0.05, 0.1) is 4.90 Å². The maximum absolute atomic E-state index is 13.1. The summed E-state index contributed by atoms with van der Waals surface area (Å²) in [6, 6.07) is 7.01. The van der Waals surface area contributed by atoms with E-state index in [2.05, 4.69) is 26.0 Å². The highest BCUT2D eigenvalue weighted by atomic mass is 79.9. The fourth-order valence-corrected chi connectivity index (χ4v) is 9.59. The number of sulfonamides is 1. The number of carbonyl (C=O) groups is 1. The van der Waals surface area contributed by atoms with Crippen LogP contribution in [0.25, 0.3) is 0 Å². The molecule has 1 aromatic carbocycles. The molecule has 1 aromatic rings. The molecule has 0 heterocycles. The lowest BCUT2D eigenvalue weighted by Gasteiger charge is -2.88. The number of hydrogen-bond donors (Lipinski definition) is 2. The molecule has 5 nitrogen and oxygen atoms in total. The first-order chi connectivity index (χ1) is 12.9. The molecule has 4 unspecified atom stereocenters. The van der Waals surface area contributed by atoms with E-state index < -0.39 is 15.6 Å². The Hall–Kier alpha value is -0.920. The lowest BCUT2D eigenvalue weighted by Crippen LogP contribution is -2.88. The average molecular weight is 451 g/mol. The first-order valence-electron chi connectivity index (χ1n) is 9.98. The minimum atomic E-state index is -3.76. The molecule has 0 bridgehead atoms. The zero-order chi connectivity index (χ0) is 18.6. The molecule has 6 rings (SSSR count). The molecule has 1 spiro atoms. The molecule has 27 heavy (non-hydrogen) atoms. The van der Waals surface area contributed by atoms with Crippen LogP contribution in [0, 0.1) is 29.1 Å². The van der Waals surface area contributed by atoms with Crippen LogP contribution in [0.3, 0.4) is 0 Å². The second-order valence-electron chi connectivity index (χ2n) is 9.28. The maximum atomic E-state index is 13.1. The zero-order valence-corrected chi connectivity index (χ0v) is 17.4. The number of rotatable bonds is 5. The van der Waals surface area contributed by atoms with Crippen LogP contribution in [-0.2, 0) is 14.8 Å². The van der Waals surface area contributed by atoms with E-state index in [1.807, 2.05) is 0 Å². The molecule has 0 radical (unpaired) electrons. The fourth-order valence-electron chi connectivity index (χ4n) is 7.16. The number of halogens is 1. The lowest BCUT2D eigenvalue weighted by molar-refractivity contribution is -0.390. The Kier molecular flexibility index (Phi) is 3.25. The second-order valence-corrected chi connectivity index (χ2v) is 11.8. The zero-order valence-electron chi connectivity index (χ0n) is 14.9. The molecule has 2 N–H and O–H groups in total. The minimum Gasteiger partial charge on any atom is -0.351 e. The topological polar surface area (TPSA) is 75.3 Å².